The van der Waals surface area contributed by atoms with E-state index in [2.05, 4.69) is 0 Å². The van der Waals surface area contributed by atoms with Gasteiger partial charge in [0.15, 0.2) is 5.41 Å². The zero-order valence-corrected chi connectivity index (χ0v) is 12.8. The predicted octanol–water partition coefficient (Wildman–Crippen LogP) is 1.21. The molecule has 2 atom stereocenters. The molecule has 0 spiro atoms. The van der Waals surface area contributed by atoms with Crippen LogP contribution in [0, 0.1) is 22.7 Å². The Morgan fingerprint density at radius 1 is 1.05 bits per heavy atom. The summed E-state index contributed by atoms with van der Waals surface area (Å²) in [6, 6.07) is 1.77. The van der Waals surface area contributed by atoms with Crippen LogP contribution in [0.4, 0.5) is 0 Å². The molecule has 0 aliphatic rings. The summed E-state index contributed by atoms with van der Waals surface area (Å²) >= 11 is 0. The van der Waals surface area contributed by atoms with Crippen LogP contribution in [0.3, 0.4) is 0 Å². The van der Waals surface area contributed by atoms with Gasteiger partial charge in [-0.05, 0) is 27.7 Å². The number of hydrogen-bond donors (Lipinski definition) is 0. The molecule has 0 aliphatic heterocycles. The molecule has 0 fully saturated rings. The van der Waals surface area contributed by atoms with E-state index in [0.717, 1.165) is 0 Å². The van der Waals surface area contributed by atoms with Crippen LogP contribution in [0.5, 0.6) is 0 Å². The lowest BCUT2D eigenvalue weighted by Gasteiger charge is -2.27. The van der Waals surface area contributed by atoms with E-state index in [9.17, 15) is 19.6 Å². The predicted molar refractivity (Wildman–Crippen MR) is 71.7 cm³/mol. The summed E-state index contributed by atoms with van der Waals surface area (Å²) in [5, 5.41) is 9.30. The van der Waals surface area contributed by atoms with E-state index < -0.39 is 35.7 Å². The Hall–Kier alpha value is -2.10. The standard InChI is InChI=1S/C14H21NO6/c1-5-19-11(16)8-10(12(17)20-6-2)14(4,9-15)13(18)21-7-3/h10H,5-8H2,1-4H3. The molecule has 0 saturated carbocycles. The van der Waals surface area contributed by atoms with Gasteiger partial charge in [-0.1, -0.05) is 0 Å². The quantitative estimate of drug-likeness (QED) is 0.490. The fourth-order valence-electron chi connectivity index (χ4n) is 1.70. The van der Waals surface area contributed by atoms with E-state index in [-0.39, 0.29) is 19.8 Å². The molecule has 0 rings (SSSR count). The van der Waals surface area contributed by atoms with Crippen molar-refractivity contribution in [2.45, 2.75) is 34.1 Å². The third-order valence-corrected chi connectivity index (χ3v) is 2.88. The fourth-order valence-corrected chi connectivity index (χ4v) is 1.70. The molecule has 118 valence electrons. The number of nitriles is 1. The first kappa shape index (κ1) is 18.9. The van der Waals surface area contributed by atoms with Crippen LogP contribution < -0.4 is 0 Å². The molecular weight excluding hydrogens is 278 g/mol. The average Bonchev–Trinajstić information content (AvgIpc) is 2.44. The second-order valence-electron chi connectivity index (χ2n) is 4.35. The minimum Gasteiger partial charge on any atom is -0.466 e. The molecule has 0 amide bonds. The van der Waals surface area contributed by atoms with Crippen molar-refractivity contribution >= 4 is 17.9 Å². The largest absolute Gasteiger partial charge is 0.466 e. The van der Waals surface area contributed by atoms with Gasteiger partial charge in [0.2, 0.25) is 0 Å². The second-order valence-corrected chi connectivity index (χ2v) is 4.35. The Balaban J connectivity index is 5.42. The van der Waals surface area contributed by atoms with Crippen LogP contribution in [-0.4, -0.2) is 37.7 Å². The summed E-state index contributed by atoms with van der Waals surface area (Å²) in [5.41, 5.74) is -1.81. The molecule has 0 saturated heterocycles. The first-order chi connectivity index (χ1) is 9.87. The van der Waals surface area contributed by atoms with E-state index in [1.54, 1.807) is 26.8 Å². The van der Waals surface area contributed by atoms with Crippen molar-refractivity contribution in [3.8, 4) is 6.07 Å². The number of nitrogens with zero attached hydrogens (tertiary/aromatic N) is 1. The van der Waals surface area contributed by atoms with Crippen molar-refractivity contribution in [1.82, 2.24) is 0 Å². The summed E-state index contributed by atoms with van der Waals surface area (Å²) in [4.78, 5) is 35.6. The van der Waals surface area contributed by atoms with E-state index in [0.29, 0.717) is 0 Å². The zero-order valence-electron chi connectivity index (χ0n) is 12.8. The number of ether oxygens (including phenoxy) is 3. The third-order valence-electron chi connectivity index (χ3n) is 2.88. The van der Waals surface area contributed by atoms with Gasteiger partial charge in [0.05, 0.1) is 38.2 Å². The molecule has 0 heterocycles. The molecule has 2 unspecified atom stereocenters. The van der Waals surface area contributed by atoms with Crippen LogP contribution in [0.15, 0.2) is 0 Å². The topological polar surface area (TPSA) is 103 Å². The number of carbonyl (C=O) groups is 3. The van der Waals surface area contributed by atoms with Gasteiger partial charge in [0.25, 0.3) is 0 Å². The highest BCUT2D eigenvalue weighted by atomic mass is 16.5. The van der Waals surface area contributed by atoms with Crippen molar-refractivity contribution in [3.05, 3.63) is 0 Å². The molecule has 21 heavy (non-hydrogen) atoms. The third kappa shape index (κ3) is 5.06. The molecule has 7 nitrogen and oxygen atoms in total. The average molecular weight is 299 g/mol. The molecule has 7 heteroatoms. The van der Waals surface area contributed by atoms with Crippen LogP contribution in [0.1, 0.15) is 34.1 Å². The highest BCUT2D eigenvalue weighted by Crippen LogP contribution is 2.32. The second kappa shape index (κ2) is 8.95. The minimum atomic E-state index is -1.81. The minimum absolute atomic E-state index is 0.0606. The summed E-state index contributed by atoms with van der Waals surface area (Å²) in [5.74, 6) is -3.63. The fraction of sp³-hybridized carbons (Fsp3) is 0.714. The maximum Gasteiger partial charge on any atom is 0.327 e. The summed E-state index contributed by atoms with van der Waals surface area (Å²) < 4.78 is 14.5. The summed E-state index contributed by atoms with van der Waals surface area (Å²) in [7, 11) is 0. The highest BCUT2D eigenvalue weighted by molar-refractivity contribution is 5.90. The first-order valence-corrected chi connectivity index (χ1v) is 6.77. The van der Waals surface area contributed by atoms with Gasteiger partial charge in [0, 0.05) is 0 Å². The monoisotopic (exact) mass is 299 g/mol. The molecule has 0 aromatic heterocycles. The number of esters is 3. The maximum atomic E-state index is 12.0. The molecule has 0 aliphatic carbocycles. The Morgan fingerprint density at radius 3 is 2.00 bits per heavy atom. The Bertz CT molecular complexity index is 428. The van der Waals surface area contributed by atoms with Crippen LogP contribution in [0.25, 0.3) is 0 Å². The number of rotatable bonds is 8. The van der Waals surface area contributed by atoms with Crippen molar-refractivity contribution in [3.63, 3.8) is 0 Å². The van der Waals surface area contributed by atoms with Crippen molar-refractivity contribution in [1.29, 1.82) is 5.26 Å². The Labute approximate surface area is 124 Å². The van der Waals surface area contributed by atoms with Gasteiger partial charge in [0.1, 0.15) is 0 Å². The maximum absolute atomic E-state index is 12.0. The van der Waals surface area contributed by atoms with Crippen molar-refractivity contribution in [2.75, 3.05) is 19.8 Å². The molecule has 0 aromatic rings. The van der Waals surface area contributed by atoms with Crippen LogP contribution >= 0.6 is 0 Å². The van der Waals surface area contributed by atoms with E-state index in [4.69, 9.17) is 14.2 Å². The SMILES string of the molecule is CCOC(=O)CC(C(=O)OCC)C(C)(C#N)C(=O)OCC. The normalized spacial score (nSPS) is 14.2. The van der Waals surface area contributed by atoms with Gasteiger partial charge < -0.3 is 14.2 Å². The lowest BCUT2D eigenvalue weighted by molar-refractivity contribution is -0.167. The number of hydrogen-bond acceptors (Lipinski definition) is 7. The van der Waals surface area contributed by atoms with Gasteiger partial charge >= 0.3 is 17.9 Å². The van der Waals surface area contributed by atoms with Crippen molar-refractivity contribution < 1.29 is 28.6 Å². The Morgan fingerprint density at radius 2 is 1.57 bits per heavy atom. The van der Waals surface area contributed by atoms with Crippen LogP contribution in [0.2, 0.25) is 0 Å². The summed E-state index contributed by atoms with van der Waals surface area (Å²) in [6.45, 7) is 6.32. The van der Waals surface area contributed by atoms with Gasteiger partial charge in [-0.2, -0.15) is 5.26 Å². The van der Waals surface area contributed by atoms with Gasteiger partial charge in [-0.15, -0.1) is 0 Å². The molecule has 0 radical (unpaired) electrons. The summed E-state index contributed by atoms with van der Waals surface area (Å²) in [6.07, 6.45) is -0.421. The molecule has 0 aromatic carbocycles. The first-order valence-electron chi connectivity index (χ1n) is 6.77. The van der Waals surface area contributed by atoms with E-state index in [1.165, 1.54) is 6.92 Å². The van der Waals surface area contributed by atoms with E-state index >= 15 is 0 Å². The molecular formula is C14H21NO6. The lowest BCUT2D eigenvalue weighted by Crippen LogP contribution is -2.42. The Kier molecular flexibility index (Phi) is 8.06. The van der Waals surface area contributed by atoms with E-state index in [1.807, 2.05) is 0 Å². The number of carbonyl (C=O) groups excluding carboxylic acids is 3. The highest BCUT2D eigenvalue weighted by Gasteiger charge is 2.49. The zero-order chi connectivity index (χ0) is 16.5. The lowest BCUT2D eigenvalue weighted by atomic mass is 9.76. The molecule has 0 N–H and O–H groups in total. The smallest absolute Gasteiger partial charge is 0.327 e. The van der Waals surface area contributed by atoms with Gasteiger partial charge in [-0.25, -0.2) is 0 Å². The van der Waals surface area contributed by atoms with Gasteiger partial charge in [-0.3, -0.25) is 14.4 Å². The van der Waals surface area contributed by atoms with Crippen LogP contribution in [-0.2, 0) is 28.6 Å². The van der Waals surface area contributed by atoms with Crippen molar-refractivity contribution in [2.24, 2.45) is 11.3 Å². The molecule has 0 bridgehead atoms.